The Morgan fingerprint density at radius 3 is 2.33 bits per heavy atom. The molecule has 11 heteroatoms. The number of amides is 2. The molecule has 1 saturated heterocycles. The number of carbonyl (C=O) groups is 2. The van der Waals surface area contributed by atoms with Crippen LogP contribution in [0.2, 0.25) is 0 Å². The van der Waals surface area contributed by atoms with Crippen molar-refractivity contribution < 1.29 is 32.2 Å². The van der Waals surface area contributed by atoms with Crippen LogP contribution in [0.25, 0.3) is 0 Å². The van der Waals surface area contributed by atoms with Gasteiger partial charge in [0.2, 0.25) is 10.0 Å². The minimum Gasteiger partial charge on any atom is -0.497 e. The number of anilines is 1. The lowest BCUT2D eigenvalue weighted by Gasteiger charge is -2.39. The van der Waals surface area contributed by atoms with Gasteiger partial charge in [-0.05, 0) is 62.4 Å². The van der Waals surface area contributed by atoms with Crippen LogP contribution >= 0.6 is 0 Å². The van der Waals surface area contributed by atoms with Crippen molar-refractivity contribution in [3.05, 3.63) is 48.5 Å². The Kier molecular flexibility index (Phi) is 9.16. The summed E-state index contributed by atoms with van der Waals surface area (Å²) in [5, 5.41) is 2.75. The van der Waals surface area contributed by atoms with Crippen LogP contribution in [-0.4, -0.2) is 75.6 Å². The molecule has 3 rings (SSSR count). The Balaban J connectivity index is 1.76. The van der Waals surface area contributed by atoms with E-state index in [0.717, 1.165) is 4.31 Å². The van der Waals surface area contributed by atoms with Crippen LogP contribution in [-0.2, 0) is 19.6 Å². The Morgan fingerprint density at radius 2 is 1.72 bits per heavy atom. The standard InChI is InChI=1S/C25H29N3O7S/c1-4-6-17-35-21-11-13-22(14-12-21)36(31,32)28-16-15-27(18-23(28)24(29)34-5-2)25(30)26-19-7-9-20(33-3)10-8-19/h7-14,23H,5,15-18H2,1-3H3,(H,26,30). The Hall–Kier alpha value is -3.75. The maximum Gasteiger partial charge on any atom is 0.326 e. The normalized spacial score (nSPS) is 15.9. The van der Waals surface area contributed by atoms with Crippen molar-refractivity contribution in [3.63, 3.8) is 0 Å². The summed E-state index contributed by atoms with van der Waals surface area (Å²) in [6.07, 6.45) is 0. The predicted molar refractivity (Wildman–Crippen MR) is 133 cm³/mol. The van der Waals surface area contributed by atoms with Crippen LogP contribution in [0, 0.1) is 11.8 Å². The molecule has 0 spiro atoms. The summed E-state index contributed by atoms with van der Waals surface area (Å²) in [5.74, 6) is 5.87. The van der Waals surface area contributed by atoms with Crippen molar-refractivity contribution in [3.8, 4) is 23.3 Å². The van der Waals surface area contributed by atoms with Crippen LogP contribution in [0.5, 0.6) is 11.5 Å². The molecule has 0 aromatic heterocycles. The van der Waals surface area contributed by atoms with E-state index in [2.05, 4.69) is 17.2 Å². The molecule has 0 aliphatic carbocycles. The molecule has 0 radical (unpaired) electrons. The van der Waals surface area contributed by atoms with Crippen LogP contribution < -0.4 is 14.8 Å². The van der Waals surface area contributed by atoms with E-state index in [-0.39, 0.29) is 37.7 Å². The average Bonchev–Trinajstić information content (AvgIpc) is 2.89. The molecule has 1 atom stereocenters. The van der Waals surface area contributed by atoms with E-state index in [1.165, 1.54) is 29.2 Å². The van der Waals surface area contributed by atoms with Gasteiger partial charge in [0, 0.05) is 25.3 Å². The van der Waals surface area contributed by atoms with Gasteiger partial charge in [0.05, 0.1) is 18.6 Å². The molecular weight excluding hydrogens is 486 g/mol. The molecule has 0 saturated carbocycles. The second kappa shape index (κ2) is 12.3. The highest BCUT2D eigenvalue weighted by molar-refractivity contribution is 7.89. The van der Waals surface area contributed by atoms with E-state index >= 15 is 0 Å². The number of hydrogen-bond acceptors (Lipinski definition) is 7. The van der Waals surface area contributed by atoms with Crippen molar-refractivity contribution >= 4 is 27.7 Å². The fourth-order valence-electron chi connectivity index (χ4n) is 3.58. The first kappa shape index (κ1) is 26.8. The average molecular weight is 516 g/mol. The van der Waals surface area contributed by atoms with Gasteiger partial charge in [-0.15, -0.1) is 5.92 Å². The molecule has 0 bridgehead atoms. The third-order valence-corrected chi connectivity index (χ3v) is 7.36. The predicted octanol–water partition coefficient (Wildman–Crippen LogP) is 2.57. The van der Waals surface area contributed by atoms with E-state index in [0.29, 0.717) is 17.2 Å². The minimum absolute atomic E-state index is 0.00172. The van der Waals surface area contributed by atoms with Crippen LogP contribution in [0.4, 0.5) is 10.5 Å². The van der Waals surface area contributed by atoms with E-state index in [9.17, 15) is 18.0 Å². The van der Waals surface area contributed by atoms with E-state index in [1.54, 1.807) is 45.2 Å². The monoisotopic (exact) mass is 515 g/mol. The smallest absolute Gasteiger partial charge is 0.326 e. The zero-order valence-electron chi connectivity index (χ0n) is 20.4. The van der Waals surface area contributed by atoms with Crippen molar-refractivity contribution in [2.45, 2.75) is 24.8 Å². The Bertz CT molecular complexity index is 1220. The number of benzene rings is 2. The molecule has 1 fully saturated rings. The van der Waals surface area contributed by atoms with Gasteiger partial charge in [-0.1, -0.05) is 5.92 Å². The third kappa shape index (κ3) is 6.47. The number of rotatable bonds is 8. The number of carbonyl (C=O) groups excluding carboxylic acids is 2. The lowest BCUT2D eigenvalue weighted by molar-refractivity contribution is -0.149. The summed E-state index contributed by atoms with van der Waals surface area (Å²) in [6.45, 7) is 3.45. The maximum absolute atomic E-state index is 13.4. The third-order valence-electron chi connectivity index (χ3n) is 5.44. The molecule has 1 N–H and O–H groups in total. The van der Waals surface area contributed by atoms with Gasteiger partial charge in [0.1, 0.15) is 24.1 Å². The molecule has 10 nitrogen and oxygen atoms in total. The van der Waals surface area contributed by atoms with E-state index in [4.69, 9.17) is 14.2 Å². The zero-order valence-corrected chi connectivity index (χ0v) is 21.2. The maximum atomic E-state index is 13.4. The number of nitrogens with zero attached hydrogens (tertiary/aromatic N) is 2. The summed E-state index contributed by atoms with van der Waals surface area (Å²) in [5.41, 5.74) is 0.538. The van der Waals surface area contributed by atoms with Crippen molar-refractivity contribution in [1.82, 2.24) is 9.21 Å². The first-order valence-corrected chi connectivity index (χ1v) is 12.7. The topological polar surface area (TPSA) is 114 Å². The highest BCUT2D eigenvalue weighted by Crippen LogP contribution is 2.25. The molecule has 1 unspecified atom stereocenters. The lowest BCUT2D eigenvalue weighted by Crippen LogP contribution is -2.60. The highest BCUT2D eigenvalue weighted by Gasteiger charge is 2.42. The molecule has 36 heavy (non-hydrogen) atoms. The van der Waals surface area contributed by atoms with Gasteiger partial charge in [0.25, 0.3) is 0 Å². The van der Waals surface area contributed by atoms with E-state index < -0.39 is 28.1 Å². The summed E-state index contributed by atoms with van der Waals surface area (Å²) < 4.78 is 43.6. The molecule has 1 aliphatic rings. The number of urea groups is 1. The quantitative estimate of drug-likeness (QED) is 0.425. The van der Waals surface area contributed by atoms with Crippen molar-refractivity contribution in [2.24, 2.45) is 0 Å². The van der Waals surface area contributed by atoms with Gasteiger partial charge >= 0.3 is 12.0 Å². The highest BCUT2D eigenvalue weighted by atomic mass is 32.2. The minimum atomic E-state index is -4.06. The molecule has 2 aromatic rings. The Labute approximate surface area is 211 Å². The van der Waals surface area contributed by atoms with Gasteiger partial charge in [-0.2, -0.15) is 4.31 Å². The number of nitrogens with one attached hydrogen (secondary N) is 1. The van der Waals surface area contributed by atoms with Crippen LogP contribution in [0.1, 0.15) is 13.8 Å². The van der Waals surface area contributed by atoms with Crippen LogP contribution in [0.3, 0.4) is 0 Å². The number of sulfonamides is 1. The van der Waals surface area contributed by atoms with E-state index in [1.807, 2.05) is 0 Å². The number of esters is 1. The first-order chi connectivity index (χ1) is 17.3. The SMILES string of the molecule is CC#CCOc1ccc(S(=O)(=O)N2CCN(C(=O)Nc3ccc(OC)cc3)CC2C(=O)OCC)cc1. The zero-order chi connectivity index (χ0) is 26.1. The summed E-state index contributed by atoms with van der Waals surface area (Å²) in [7, 11) is -2.51. The lowest BCUT2D eigenvalue weighted by atomic mass is 10.2. The molecular formula is C25H29N3O7S. The molecule has 2 aromatic carbocycles. The number of ether oxygens (including phenoxy) is 3. The van der Waals surface area contributed by atoms with Gasteiger partial charge in [-0.25, -0.2) is 13.2 Å². The summed E-state index contributed by atoms with van der Waals surface area (Å²) in [6, 6.07) is 11.0. The van der Waals surface area contributed by atoms with Crippen LogP contribution in [0.15, 0.2) is 53.4 Å². The van der Waals surface area contributed by atoms with Gasteiger partial charge < -0.3 is 24.4 Å². The number of piperazine rings is 1. The fraction of sp³-hybridized carbons (Fsp3) is 0.360. The molecule has 1 heterocycles. The van der Waals surface area contributed by atoms with Crippen molar-refractivity contribution in [1.29, 1.82) is 0 Å². The largest absolute Gasteiger partial charge is 0.497 e. The number of hydrogen-bond donors (Lipinski definition) is 1. The van der Waals surface area contributed by atoms with Crippen molar-refractivity contribution in [2.75, 3.05) is 45.3 Å². The fourth-order valence-corrected chi connectivity index (χ4v) is 5.14. The second-order valence-corrected chi connectivity index (χ2v) is 9.57. The summed E-state index contributed by atoms with van der Waals surface area (Å²) in [4.78, 5) is 27.0. The van der Waals surface area contributed by atoms with Gasteiger partial charge in [-0.3, -0.25) is 4.79 Å². The molecule has 192 valence electrons. The second-order valence-electron chi connectivity index (χ2n) is 7.68. The summed E-state index contributed by atoms with van der Waals surface area (Å²) >= 11 is 0. The first-order valence-electron chi connectivity index (χ1n) is 11.3. The molecule has 1 aliphatic heterocycles. The Morgan fingerprint density at radius 1 is 1.06 bits per heavy atom. The number of methoxy groups -OCH3 is 1. The van der Waals surface area contributed by atoms with Gasteiger partial charge in [0.15, 0.2) is 0 Å². The molecule has 2 amide bonds.